The first kappa shape index (κ1) is 20.5. The second-order valence-corrected chi connectivity index (χ2v) is 6.26. The SMILES string of the molecule is CCCC#CCCCOc1cccc(CNC(=O)c2cc(C)nn2C)c1F. The van der Waals surface area contributed by atoms with E-state index in [4.69, 9.17) is 4.74 Å². The fourth-order valence-corrected chi connectivity index (χ4v) is 2.54. The normalized spacial score (nSPS) is 10.2. The molecule has 27 heavy (non-hydrogen) atoms. The molecule has 0 atom stereocenters. The van der Waals surface area contributed by atoms with Gasteiger partial charge in [-0.3, -0.25) is 9.48 Å². The third-order valence-electron chi connectivity index (χ3n) is 3.92. The number of ether oxygens (including phenoxy) is 1. The zero-order valence-electron chi connectivity index (χ0n) is 16.1. The maximum Gasteiger partial charge on any atom is 0.269 e. The van der Waals surface area contributed by atoms with Crippen LogP contribution in [0.3, 0.4) is 0 Å². The van der Waals surface area contributed by atoms with Crippen molar-refractivity contribution in [2.24, 2.45) is 7.05 Å². The number of carbonyl (C=O) groups is 1. The molecular formula is C21H26FN3O2. The second-order valence-electron chi connectivity index (χ2n) is 6.26. The van der Waals surface area contributed by atoms with Gasteiger partial charge in [0.05, 0.1) is 12.3 Å². The largest absolute Gasteiger partial charge is 0.490 e. The third kappa shape index (κ3) is 6.14. The van der Waals surface area contributed by atoms with Crippen molar-refractivity contribution < 1.29 is 13.9 Å². The van der Waals surface area contributed by atoms with Gasteiger partial charge in [0.15, 0.2) is 11.6 Å². The highest BCUT2D eigenvalue weighted by Gasteiger charge is 2.14. The van der Waals surface area contributed by atoms with Gasteiger partial charge in [-0.2, -0.15) is 5.10 Å². The Hall–Kier alpha value is -2.81. The van der Waals surface area contributed by atoms with Crippen molar-refractivity contribution in [3.63, 3.8) is 0 Å². The first-order valence-electron chi connectivity index (χ1n) is 9.17. The van der Waals surface area contributed by atoms with Crippen molar-refractivity contribution in [2.75, 3.05) is 6.61 Å². The molecule has 0 aliphatic carbocycles. The number of carbonyl (C=O) groups excluding carboxylic acids is 1. The van der Waals surface area contributed by atoms with Gasteiger partial charge < -0.3 is 10.1 Å². The molecule has 0 unspecified atom stereocenters. The van der Waals surface area contributed by atoms with Crippen LogP contribution in [0.15, 0.2) is 24.3 Å². The Labute approximate surface area is 159 Å². The van der Waals surface area contributed by atoms with Crippen LogP contribution >= 0.6 is 0 Å². The summed E-state index contributed by atoms with van der Waals surface area (Å²) in [6, 6.07) is 6.63. The van der Waals surface area contributed by atoms with E-state index in [2.05, 4.69) is 29.2 Å². The van der Waals surface area contributed by atoms with Gasteiger partial charge in [-0.1, -0.05) is 19.1 Å². The molecule has 0 saturated heterocycles. The summed E-state index contributed by atoms with van der Waals surface area (Å²) in [4.78, 5) is 12.2. The zero-order chi connectivity index (χ0) is 19.6. The molecule has 1 heterocycles. The Morgan fingerprint density at radius 3 is 2.81 bits per heavy atom. The summed E-state index contributed by atoms with van der Waals surface area (Å²) in [5.74, 6) is 5.60. The molecule has 0 aliphatic rings. The van der Waals surface area contributed by atoms with Gasteiger partial charge in [0.1, 0.15) is 5.69 Å². The first-order valence-corrected chi connectivity index (χ1v) is 9.17. The van der Waals surface area contributed by atoms with Gasteiger partial charge in [0.25, 0.3) is 5.91 Å². The average molecular weight is 371 g/mol. The minimum Gasteiger partial charge on any atom is -0.490 e. The monoisotopic (exact) mass is 371 g/mol. The molecule has 1 aromatic carbocycles. The molecule has 0 spiro atoms. The maximum atomic E-state index is 14.6. The topological polar surface area (TPSA) is 56.1 Å². The standard InChI is InChI=1S/C21H26FN3O2/c1-4-5-6-7-8-9-13-27-19-12-10-11-17(20(19)22)15-23-21(26)18-14-16(2)24-25(18)3/h10-12,14H,4-5,8-9,13,15H2,1-3H3,(H,23,26). The van der Waals surface area contributed by atoms with Gasteiger partial charge in [-0.15, -0.1) is 11.8 Å². The molecule has 1 amide bonds. The number of nitrogens with zero attached hydrogens (tertiary/aromatic N) is 2. The van der Waals surface area contributed by atoms with Crippen LogP contribution in [0.1, 0.15) is 54.4 Å². The molecular weight excluding hydrogens is 345 g/mol. The Bertz CT molecular complexity index is 834. The van der Waals surface area contributed by atoms with E-state index in [0.29, 0.717) is 17.9 Å². The van der Waals surface area contributed by atoms with Gasteiger partial charge in [0.2, 0.25) is 0 Å². The fraction of sp³-hybridized carbons (Fsp3) is 0.429. The number of amides is 1. The minimum absolute atomic E-state index is 0.0780. The Morgan fingerprint density at radius 2 is 2.11 bits per heavy atom. The lowest BCUT2D eigenvalue weighted by molar-refractivity contribution is 0.0941. The van der Waals surface area contributed by atoms with Crippen LogP contribution in [0.2, 0.25) is 0 Å². The van der Waals surface area contributed by atoms with Crippen molar-refractivity contribution in [3.8, 4) is 17.6 Å². The molecule has 0 aliphatic heterocycles. The second kappa shape index (κ2) is 10.4. The minimum atomic E-state index is -0.448. The van der Waals surface area contributed by atoms with Crippen LogP contribution in [0.25, 0.3) is 0 Å². The highest BCUT2D eigenvalue weighted by molar-refractivity contribution is 5.92. The molecule has 0 saturated carbocycles. The van der Waals surface area contributed by atoms with E-state index in [-0.39, 0.29) is 18.2 Å². The summed E-state index contributed by atoms with van der Waals surface area (Å²) in [5, 5.41) is 6.86. The molecule has 1 N–H and O–H groups in total. The fourth-order valence-electron chi connectivity index (χ4n) is 2.54. The molecule has 2 aromatic rings. The van der Waals surface area contributed by atoms with Crippen LogP contribution in [-0.2, 0) is 13.6 Å². The molecule has 2 rings (SSSR count). The summed E-state index contributed by atoms with van der Waals surface area (Å²) in [7, 11) is 1.70. The highest BCUT2D eigenvalue weighted by Crippen LogP contribution is 2.21. The number of hydrogen-bond donors (Lipinski definition) is 1. The number of hydrogen-bond acceptors (Lipinski definition) is 3. The predicted molar refractivity (Wildman–Crippen MR) is 103 cm³/mol. The summed E-state index contributed by atoms with van der Waals surface area (Å²) in [6.45, 7) is 4.39. The van der Waals surface area contributed by atoms with Gasteiger partial charge in [-0.05, 0) is 31.9 Å². The number of rotatable bonds is 8. The lowest BCUT2D eigenvalue weighted by Crippen LogP contribution is -2.25. The number of nitrogens with one attached hydrogen (secondary N) is 1. The number of unbranched alkanes of at least 4 members (excludes halogenated alkanes) is 2. The van der Waals surface area contributed by atoms with E-state index >= 15 is 0 Å². The van der Waals surface area contributed by atoms with Crippen LogP contribution in [0.5, 0.6) is 5.75 Å². The zero-order valence-corrected chi connectivity index (χ0v) is 16.1. The van der Waals surface area contributed by atoms with Crippen LogP contribution < -0.4 is 10.1 Å². The molecule has 0 bridgehead atoms. The predicted octanol–water partition coefficient (Wildman–Crippen LogP) is 3.76. The van der Waals surface area contributed by atoms with Crippen LogP contribution in [0.4, 0.5) is 4.39 Å². The molecule has 5 nitrogen and oxygen atoms in total. The Morgan fingerprint density at radius 1 is 1.33 bits per heavy atom. The van der Waals surface area contributed by atoms with Crippen LogP contribution in [-0.4, -0.2) is 22.3 Å². The third-order valence-corrected chi connectivity index (χ3v) is 3.92. The van der Waals surface area contributed by atoms with Crippen molar-refractivity contribution in [2.45, 2.75) is 46.1 Å². The number of aryl methyl sites for hydroxylation is 2. The first-order chi connectivity index (χ1) is 13.0. The molecule has 6 heteroatoms. The number of halogens is 1. The number of aromatic nitrogens is 2. The maximum absolute atomic E-state index is 14.6. The van der Waals surface area contributed by atoms with E-state index in [1.165, 1.54) is 4.68 Å². The molecule has 0 fully saturated rings. The summed E-state index contributed by atoms with van der Waals surface area (Å²) in [6.07, 6.45) is 3.44. The van der Waals surface area contributed by atoms with Crippen molar-refractivity contribution in [1.29, 1.82) is 0 Å². The summed E-state index contributed by atoms with van der Waals surface area (Å²) >= 11 is 0. The van der Waals surface area contributed by atoms with Gasteiger partial charge in [0, 0.05) is 32.0 Å². The van der Waals surface area contributed by atoms with Crippen molar-refractivity contribution >= 4 is 5.91 Å². The smallest absolute Gasteiger partial charge is 0.269 e. The molecule has 1 aromatic heterocycles. The van der Waals surface area contributed by atoms with E-state index < -0.39 is 5.82 Å². The van der Waals surface area contributed by atoms with E-state index in [1.54, 1.807) is 31.3 Å². The summed E-state index contributed by atoms with van der Waals surface area (Å²) < 4.78 is 21.6. The van der Waals surface area contributed by atoms with Crippen molar-refractivity contribution in [1.82, 2.24) is 15.1 Å². The van der Waals surface area contributed by atoms with Gasteiger partial charge >= 0.3 is 0 Å². The quantitative estimate of drug-likeness (QED) is 0.568. The Balaban J connectivity index is 1.88. The van der Waals surface area contributed by atoms with E-state index in [9.17, 15) is 9.18 Å². The average Bonchev–Trinajstić information content (AvgIpc) is 2.99. The highest BCUT2D eigenvalue weighted by atomic mass is 19.1. The van der Waals surface area contributed by atoms with E-state index in [0.717, 1.165) is 31.4 Å². The van der Waals surface area contributed by atoms with Crippen LogP contribution in [0, 0.1) is 24.6 Å². The lowest BCUT2D eigenvalue weighted by Gasteiger charge is -2.11. The molecule has 0 radical (unpaired) electrons. The molecule has 144 valence electrons. The number of benzene rings is 1. The Kier molecular flexibility index (Phi) is 7.87. The van der Waals surface area contributed by atoms with E-state index in [1.807, 2.05) is 6.92 Å². The van der Waals surface area contributed by atoms with Crippen molar-refractivity contribution in [3.05, 3.63) is 47.0 Å². The lowest BCUT2D eigenvalue weighted by atomic mass is 10.2. The summed E-state index contributed by atoms with van der Waals surface area (Å²) in [5.41, 5.74) is 1.57. The van der Waals surface area contributed by atoms with Gasteiger partial charge in [-0.25, -0.2) is 4.39 Å².